The molecule has 0 radical (unpaired) electrons. The Labute approximate surface area is 187 Å². The van der Waals surface area contributed by atoms with Crippen LogP contribution in [0.3, 0.4) is 0 Å². The van der Waals surface area contributed by atoms with Crippen LogP contribution in [-0.4, -0.2) is 35.8 Å². The number of dihydropyridines is 1. The first-order chi connectivity index (χ1) is 15.7. The molecule has 0 saturated heterocycles. The Morgan fingerprint density at radius 2 is 1.81 bits per heavy atom. The number of fused-ring (bicyclic) bond motifs is 1. The van der Waals surface area contributed by atoms with Gasteiger partial charge in [-0.05, 0) is 46.9 Å². The van der Waals surface area contributed by atoms with Gasteiger partial charge in [-0.1, -0.05) is 48.5 Å². The molecule has 2 amide bonds. The van der Waals surface area contributed by atoms with Gasteiger partial charge in [0.2, 0.25) is 0 Å². The summed E-state index contributed by atoms with van der Waals surface area (Å²) in [6.45, 7) is 1.20. The van der Waals surface area contributed by atoms with Crippen molar-refractivity contribution in [1.82, 2.24) is 15.5 Å². The molecule has 0 aliphatic carbocycles. The van der Waals surface area contributed by atoms with E-state index < -0.39 is 0 Å². The maximum absolute atomic E-state index is 12.8. The van der Waals surface area contributed by atoms with Gasteiger partial charge in [-0.15, -0.1) is 0 Å². The summed E-state index contributed by atoms with van der Waals surface area (Å²) in [7, 11) is 0. The minimum atomic E-state index is -0.235. The van der Waals surface area contributed by atoms with Crippen molar-refractivity contribution in [2.45, 2.75) is 12.5 Å². The number of urea groups is 1. The number of carbonyl (C=O) groups excluding carboxylic acids is 2. The third-order valence-corrected chi connectivity index (χ3v) is 5.90. The molecule has 3 aliphatic rings. The number of carbonyl (C=O) groups is 2. The zero-order valence-corrected chi connectivity index (χ0v) is 17.5. The van der Waals surface area contributed by atoms with Crippen LogP contribution in [0.25, 0.3) is 5.57 Å². The highest BCUT2D eigenvalue weighted by Gasteiger charge is 2.25. The number of ketones is 1. The molecule has 1 atom stereocenters. The van der Waals surface area contributed by atoms with Crippen molar-refractivity contribution in [2.75, 3.05) is 18.4 Å². The van der Waals surface area contributed by atoms with Crippen LogP contribution in [-0.2, 0) is 0 Å². The van der Waals surface area contributed by atoms with E-state index in [1.54, 1.807) is 4.90 Å². The summed E-state index contributed by atoms with van der Waals surface area (Å²) in [5, 5.41) is 9.31. The number of benzene rings is 2. The van der Waals surface area contributed by atoms with Crippen LogP contribution in [0.1, 0.15) is 22.3 Å². The lowest BCUT2D eigenvalue weighted by atomic mass is 9.91. The molecule has 6 nitrogen and oxygen atoms in total. The van der Waals surface area contributed by atoms with E-state index in [-0.39, 0.29) is 17.9 Å². The van der Waals surface area contributed by atoms with Crippen molar-refractivity contribution in [1.29, 1.82) is 0 Å². The van der Waals surface area contributed by atoms with Crippen molar-refractivity contribution in [3.63, 3.8) is 0 Å². The second-order valence-electron chi connectivity index (χ2n) is 8.01. The topological polar surface area (TPSA) is 73.5 Å². The number of hydrogen-bond acceptors (Lipinski definition) is 4. The second kappa shape index (κ2) is 8.69. The summed E-state index contributed by atoms with van der Waals surface area (Å²) in [5.74, 6) is 0.112. The van der Waals surface area contributed by atoms with Gasteiger partial charge in [-0.2, -0.15) is 0 Å². The van der Waals surface area contributed by atoms with Crippen LogP contribution in [0.2, 0.25) is 0 Å². The van der Waals surface area contributed by atoms with Crippen molar-refractivity contribution < 1.29 is 9.59 Å². The highest BCUT2D eigenvalue weighted by molar-refractivity contribution is 6.01. The van der Waals surface area contributed by atoms with E-state index >= 15 is 0 Å². The molecular weight excluding hydrogens is 400 g/mol. The first kappa shape index (κ1) is 20.0. The highest BCUT2D eigenvalue weighted by atomic mass is 16.2. The van der Waals surface area contributed by atoms with Gasteiger partial charge in [0, 0.05) is 36.4 Å². The van der Waals surface area contributed by atoms with Gasteiger partial charge in [-0.3, -0.25) is 9.69 Å². The SMILES string of the molecule is O=C(c1ccccc1)C1CC(c2ccc(NC(=O)N3C=C4C=CNC=C4C3)cc2)=CCN1. The van der Waals surface area contributed by atoms with Crippen LogP contribution in [0.15, 0.2) is 96.5 Å². The Kier molecular flexibility index (Phi) is 5.44. The molecule has 0 spiro atoms. The maximum atomic E-state index is 12.8. The van der Waals surface area contributed by atoms with Crippen LogP contribution >= 0.6 is 0 Å². The lowest BCUT2D eigenvalue weighted by Crippen LogP contribution is -2.39. The highest BCUT2D eigenvalue weighted by Crippen LogP contribution is 2.27. The molecule has 3 N–H and O–H groups in total. The summed E-state index contributed by atoms with van der Waals surface area (Å²) in [6, 6.07) is 16.8. The fourth-order valence-electron chi connectivity index (χ4n) is 4.15. The predicted molar refractivity (Wildman–Crippen MR) is 126 cm³/mol. The molecular formula is C26H24N4O2. The van der Waals surface area contributed by atoms with E-state index in [0.29, 0.717) is 19.5 Å². The molecule has 5 rings (SSSR count). The average Bonchev–Trinajstić information content (AvgIpc) is 3.29. The molecule has 2 aromatic carbocycles. The number of nitrogens with one attached hydrogen (secondary N) is 3. The van der Waals surface area contributed by atoms with Gasteiger partial charge in [-0.25, -0.2) is 4.79 Å². The van der Waals surface area contributed by atoms with Crippen LogP contribution in [0.5, 0.6) is 0 Å². The molecule has 0 saturated carbocycles. The second-order valence-corrected chi connectivity index (χ2v) is 8.01. The Hall–Kier alpha value is -3.90. The lowest BCUT2D eigenvalue weighted by molar-refractivity contribution is 0.0945. The van der Waals surface area contributed by atoms with Crippen molar-refractivity contribution in [3.05, 3.63) is 108 Å². The number of allylic oxidation sites excluding steroid dienone is 1. The first-order valence-electron chi connectivity index (χ1n) is 10.7. The van der Waals surface area contributed by atoms with Gasteiger partial charge < -0.3 is 16.0 Å². The molecule has 3 aliphatic heterocycles. The van der Waals surface area contributed by atoms with Crippen LogP contribution in [0, 0.1) is 0 Å². The Bertz CT molecular complexity index is 1160. The number of Topliss-reactive ketones (excluding diaryl/α,β-unsaturated/α-hetero) is 1. The monoisotopic (exact) mass is 424 g/mol. The molecule has 2 aromatic rings. The molecule has 6 heteroatoms. The van der Waals surface area contributed by atoms with Crippen LogP contribution in [0.4, 0.5) is 10.5 Å². The Balaban J connectivity index is 1.22. The number of amides is 2. The minimum absolute atomic E-state index is 0.112. The van der Waals surface area contributed by atoms with E-state index in [9.17, 15) is 9.59 Å². The lowest BCUT2D eigenvalue weighted by Gasteiger charge is -2.24. The summed E-state index contributed by atoms with van der Waals surface area (Å²) >= 11 is 0. The molecule has 0 bridgehead atoms. The maximum Gasteiger partial charge on any atom is 0.326 e. The van der Waals surface area contributed by atoms with E-state index in [0.717, 1.165) is 33.5 Å². The zero-order valence-electron chi connectivity index (χ0n) is 17.5. The van der Waals surface area contributed by atoms with E-state index in [1.165, 1.54) is 0 Å². The average molecular weight is 425 g/mol. The van der Waals surface area contributed by atoms with Crippen molar-refractivity contribution >= 4 is 23.1 Å². The van der Waals surface area contributed by atoms with Gasteiger partial charge in [0.05, 0.1) is 12.6 Å². The Morgan fingerprint density at radius 1 is 1.00 bits per heavy atom. The molecule has 0 fully saturated rings. The predicted octanol–water partition coefficient (Wildman–Crippen LogP) is 4.05. The quantitative estimate of drug-likeness (QED) is 0.648. The normalized spacial score (nSPS) is 19.3. The van der Waals surface area contributed by atoms with Crippen molar-refractivity contribution in [2.24, 2.45) is 0 Å². The zero-order chi connectivity index (χ0) is 21.9. The molecule has 32 heavy (non-hydrogen) atoms. The standard InChI is InChI=1S/C26H24N4O2/c31-25(19-4-2-1-3-5-19)24-14-20(11-13-28-24)18-6-8-23(9-7-18)29-26(32)30-16-21-10-12-27-15-22(21)17-30/h1-12,15-16,24,27-28H,13-14,17H2,(H,29,32). The smallest absolute Gasteiger partial charge is 0.326 e. The van der Waals surface area contributed by atoms with E-state index in [2.05, 4.69) is 22.0 Å². The van der Waals surface area contributed by atoms with Gasteiger partial charge in [0.25, 0.3) is 0 Å². The third-order valence-electron chi connectivity index (χ3n) is 5.90. The summed E-state index contributed by atoms with van der Waals surface area (Å²) in [6.07, 6.45) is 10.3. The first-order valence-corrected chi connectivity index (χ1v) is 10.7. The molecule has 160 valence electrons. The summed E-state index contributed by atoms with van der Waals surface area (Å²) in [4.78, 5) is 27.1. The summed E-state index contributed by atoms with van der Waals surface area (Å²) in [5.41, 5.74) is 5.80. The number of nitrogens with zero attached hydrogens (tertiary/aromatic N) is 1. The fraction of sp³-hybridized carbons (Fsp3) is 0.154. The number of rotatable bonds is 4. The van der Waals surface area contributed by atoms with Gasteiger partial charge in [0.15, 0.2) is 5.78 Å². The third kappa shape index (κ3) is 4.13. The number of anilines is 1. The Morgan fingerprint density at radius 3 is 2.59 bits per heavy atom. The van der Waals surface area contributed by atoms with Gasteiger partial charge in [0.1, 0.15) is 0 Å². The molecule has 3 heterocycles. The van der Waals surface area contributed by atoms with Crippen LogP contribution < -0.4 is 16.0 Å². The molecule has 0 aromatic heterocycles. The fourth-order valence-corrected chi connectivity index (χ4v) is 4.15. The van der Waals surface area contributed by atoms with Gasteiger partial charge >= 0.3 is 6.03 Å². The molecule has 1 unspecified atom stereocenters. The van der Waals surface area contributed by atoms with Crippen molar-refractivity contribution in [3.8, 4) is 0 Å². The van der Waals surface area contributed by atoms with E-state index in [1.807, 2.05) is 79.3 Å². The largest absolute Gasteiger partial charge is 0.367 e. The minimum Gasteiger partial charge on any atom is -0.367 e. The van der Waals surface area contributed by atoms with E-state index in [4.69, 9.17) is 0 Å². The number of hydrogen-bond donors (Lipinski definition) is 3. The summed E-state index contributed by atoms with van der Waals surface area (Å²) < 4.78 is 0.